The molecule has 0 aliphatic heterocycles. The topological polar surface area (TPSA) is 52.6 Å². The van der Waals surface area contributed by atoms with E-state index in [1.54, 1.807) is 48.5 Å². The second-order valence-corrected chi connectivity index (χ2v) is 4.57. The molecule has 21 heavy (non-hydrogen) atoms. The number of ketones is 2. The first-order valence-electron chi connectivity index (χ1n) is 6.54. The van der Waals surface area contributed by atoms with Gasteiger partial charge in [-0.2, -0.15) is 0 Å². The molecule has 0 aliphatic carbocycles. The van der Waals surface area contributed by atoms with Gasteiger partial charge >= 0.3 is 7.69 Å². The van der Waals surface area contributed by atoms with Crippen LogP contribution in [0.5, 0.6) is 11.5 Å². The molecule has 0 spiro atoms. The molecule has 0 radical (unpaired) electrons. The molecule has 0 saturated heterocycles. The van der Waals surface area contributed by atoms with Gasteiger partial charge in [-0.3, -0.25) is 9.59 Å². The van der Waals surface area contributed by atoms with Gasteiger partial charge in [0.2, 0.25) is 0 Å². The highest BCUT2D eigenvalue weighted by Crippen LogP contribution is 2.16. The second-order valence-electron chi connectivity index (χ2n) is 4.57. The van der Waals surface area contributed by atoms with Crippen molar-refractivity contribution in [2.45, 2.75) is 13.8 Å². The highest BCUT2D eigenvalue weighted by molar-refractivity contribution is 6.20. The van der Waals surface area contributed by atoms with Crippen molar-refractivity contribution < 1.29 is 18.9 Å². The fraction of sp³-hybridized carbons (Fsp3) is 0.125. The molecular formula is C16H15BO4. The number of benzene rings is 2. The van der Waals surface area contributed by atoms with Crippen molar-refractivity contribution in [3.63, 3.8) is 0 Å². The summed E-state index contributed by atoms with van der Waals surface area (Å²) in [6.45, 7) is 3.01. The standard InChI is InChI=1S/C16H15BO4/c1-11(18)13-5-3-7-15(9-13)20-17-21-16-8-4-6-14(10-16)12(2)19/h3-10,17H,1-2H3. The minimum Gasteiger partial charge on any atom is -0.529 e. The van der Waals surface area contributed by atoms with Crippen molar-refractivity contribution in [1.29, 1.82) is 0 Å². The summed E-state index contributed by atoms with van der Waals surface area (Å²) in [5, 5.41) is 0. The smallest absolute Gasteiger partial charge is 0.529 e. The quantitative estimate of drug-likeness (QED) is 0.604. The van der Waals surface area contributed by atoms with Gasteiger partial charge in [0.1, 0.15) is 11.5 Å². The predicted octanol–water partition coefficient (Wildman–Crippen LogP) is 2.82. The van der Waals surface area contributed by atoms with Crippen molar-refractivity contribution in [1.82, 2.24) is 0 Å². The van der Waals surface area contributed by atoms with Gasteiger partial charge in [-0.15, -0.1) is 0 Å². The van der Waals surface area contributed by atoms with Crippen molar-refractivity contribution in [3.8, 4) is 11.5 Å². The Bertz CT molecular complexity index is 609. The Morgan fingerprint density at radius 1 is 0.810 bits per heavy atom. The third kappa shape index (κ3) is 4.21. The first-order valence-corrected chi connectivity index (χ1v) is 6.54. The number of hydrogen-bond acceptors (Lipinski definition) is 4. The predicted molar refractivity (Wildman–Crippen MR) is 81.3 cm³/mol. The van der Waals surface area contributed by atoms with Crippen LogP contribution >= 0.6 is 0 Å². The van der Waals surface area contributed by atoms with Crippen molar-refractivity contribution >= 4 is 19.3 Å². The van der Waals surface area contributed by atoms with E-state index >= 15 is 0 Å². The Kier molecular flexibility index (Phi) is 4.77. The molecule has 0 aromatic heterocycles. The van der Waals surface area contributed by atoms with Crippen LogP contribution in [0.2, 0.25) is 0 Å². The first kappa shape index (κ1) is 14.8. The number of hydrogen-bond donors (Lipinski definition) is 0. The Hall–Kier alpha value is -2.56. The summed E-state index contributed by atoms with van der Waals surface area (Å²) in [5.74, 6) is 1.09. The van der Waals surface area contributed by atoms with E-state index in [2.05, 4.69) is 0 Å². The van der Waals surface area contributed by atoms with Crippen LogP contribution in [0.3, 0.4) is 0 Å². The molecule has 2 rings (SSSR count). The molecule has 0 unspecified atom stereocenters. The van der Waals surface area contributed by atoms with Crippen LogP contribution < -0.4 is 9.31 Å². The average Bonchev–Trinajstić information content (AvgIpc) is 2.48. The summed E-state index contributed by atoms with van der Waals surface area (Å²) >= 11 is 0. The summed E-state index contributed by atoms with van der Waals surface area (Å²) in [6.07, 6.45) is 0. The van der Waals surface area contributed by atoms with Gasteiger partial charge in [0.15, 0.2) is 11.6 Å². The van der Waals surface area contributed by atoms with E-state index in [0.29, 0.717) is 22.6 Å². The van der Waals surface area contributed by atoms with Crippen LogP contribution in [0, 0.1) is 0 Å². The lowest BCUT2D eigenvalue weighted by Crippen LogP contribution is -2.11. The lowest BCUT2D eigenvalue weighted by Gasteiger charge is -2.08. The Morgan fingerprint density at radius 2 is 1.24 bits per heavy atom. The van der Waals surface area contributed by atoms with E-state index in [1.807, 2.05) is 0 Å². The molecule has 5 heteroatoms. The van der Waals surface area contributed by atoms with Crippen molar-refractivity contribution in [3.05, 3.63) is 59.7 Å². The molecule has 2 aromatic rings. The molecule has 2 aromatic carbocycles. The SMILES string of the molecule is CC(=O)c1cccc(OBOc2cccc(C(C)=O)c2)c1. The molecule has 0 amide bonds. The first-order chi connectivity index (χ1) is 10.1. The summed E-state index contributed by atoms with van der Waals surface area (Å²) in [4.78, 5) is 22.6. The number of carbonyl (C=O) groups is 2. The van der Waals surface area contributed by atoms with Crippen LogP contribution in [0.15, 0.2) is 48.5 Å². The average molecular weight is 282 g/mol. The normalized spacial score (nSPS) is 9.81. The molecule has 106 valence electrons. The third-order valence-electron chi connectivity index (χ3n) is 2.93. The Labute approximate surface area is 124 Å². The minimum atomic E-state index is -0.0180. The van der Waals surface area contributed by atoms with Crippen LogP contribution in [-0.4, -0.2) is 19.3 Å². The van der Waals surface area contributed by atoms with Crippen LogP contribution in [-0.2, 0) is 0 Å². The number of Topliss-reactive ketones (excluding diaryl/α,β-unsaturated/α-hetero) is 2. The molecule has 4 nitrogen and oxygen atoms in total. The third-order valence-corrected chi connectivity index (χ3v) is 2.93. The molecule has 0 atom stereocenters. The summed E-state index contributed by atoms with van der Waals surface area (Å²) in [7, 11) is 0.00269. The van der Waals surface area contributed by atoms with Gasteiger partial charge < -0.3 is 9.31 Å². The van der Waals surface area contributed by atoms with Gasteiger partial charge in [-0.25, -0.2) is 0 Å². The highest BCUT2D eigenvalue weighted by Gasteiger charge is 2.05. The molecule has 0 heterocycles. The Morgan fingerprint density at radius 3 is 1.62 bits per heavy atom. The van der Waals surface area contributed by atoms with Crippen LogP contribution in [0.1, 0.15) is 34.6 Å². The zero-order chi connectivity index (χ0) is 15.2. The maximum Gasteiger partial charge on any atom is 0.576 e. The maximum atomic E-state index is 11.3. The van der Waals surface area contributed by atoms with E-state index in [0.717, 1.165) is 0 Å². The minimum absolute atomic E-state index is 0.00269. The molecule has 0 aliphatic rings. The van der Waals surface area contributed by atoms with E-state index in [1.165, 1.54) is 13.8 Å². The molecule has 0 saturated carbocycles. The van der Waals surface area contributed by atoms with Crippen LogP contribution in [0.25, 0.3) is 0 Å². The van der Waals surface area contributed by atoms with Crippen molar-refractivity contribution in [2.75, 3.05) is 0 Å². The summed E-state index contributed by atoms with van der Waals surface area (Å²) in [6, 6.07) is 13.8. The van der Waals surface area contributed by atoms with Crippen molar-refractivity contribution in [2.24, 2.45) is 0 Å². The number of carbonyl (C=O) groups excluding carboxylic acids is 2. The van der Waals surface area contributed by atoms with Crippen LogP contribution in [0.4, 0.5) is 0 Å². The van der Waals surface area contributed by atoms with E-state index in [-0.39, 0.29) is 19.3 Å². The van der Waals surface area contributed by atoms with Gasteiger partial charge in [0.05, 0.1) is 0 Å². The van der Waals surface area contributed by atoms with Gasteiger partial charge in [-0.1, -0.05) is 24.3 Å². The van der Waals surface area contributed by atoms with Gasteiger partial charge in [0, 0.05) is 11.1 Å². The molecule has 0 N–H and O–H groups in total. The van der Waals surface area contributed by atoms with Gasteiger partial charge in [-0.05, 0) is 38.1 Å². The van der Waals surface area contributed by atoms with Gasteiger partial charge in [0.25, 0.3) is 0 Å². The highest BCUT2D eigenvalue weighted by atomic mass is 16.6. The van der Waals surface area contributed by atoms with E-state index < -0.39 is 0 Å². The zero-order valence-corrected chi connectivity index (χ0v) is 12.0. The summed E-state index contributed by atoms with van der Waals surface area (Å²) < 4.78 is 10.9. The monoisotopic (exact) mass is 282 g/mol. The Balaban J connectivity index is 1.95. The molecular weight excluding hydrogens is 267 g/mol. The summed E-state index contributed by atoms with van der Waals surface area (Å²) in [5.41, 5.74) is 1.18. The molecule has 0 fully saturated rings. The largest absolute Gasteiger partial charge is 0.576 e. The molecule has 0 bridgehead atoms. The fourth-order valence-corrected chi connectivity index (χ4v) is 1.78. The van der Waals surface area contributed by atoms with E-state index in [9.17, 15) is 9.59 Å². The fourth-order valence-electron chi connectivity index (χ4n) is 1.78. The van der Waals surface area contributed by atoms with E-state index in [4.69, 9.17) is 9.31 Å². The lowest BCUT2D eigenvalue weighted by atomic mass is 10.1. The second kappa shape index (κ2) is 6.75. The maximum absolute atomic E-state index is 11.3. The zero-order valence-electron chi connectivity index (χ0n) is 12.0. The number of rotatable bonds is 6. The lowest BCUT2D eigenvalue weighted by molar-refractivity contribution is 0.100.